The number of hydrogen-bond acceptors (Lipinski definition) is 11. The van der Waals surface area contributed by atoms with Gasteiger partial charge in [0, 0.05) is 19.3 Å². The number of aliphatic hydroxyl groups excluding tert-OH is 2. The summed E-state index contributed by atoms with van der Waals surface area (Å²) in [5.41, 5.74) is 0. The number of ether oxygens (including phenoxy) is 5. The van der Waals surface area contributed by atoms with Crippen molar-refractivity contribution in [3.8, 4) is 0 Å². The summed E-state index contributed by atoms with van der Waals surface area (Å²) in [6.07, 6.45) is 47.7. The van der Waals surface area contributed by atoms with Crippen molar-refractivity contribution in [3.05, 3.63) is 60.8 Å². The molecule has 0 aliphatic carbocycles. The Bertz CT molecular complexity index is 1500. The number of aliphatic hydroxyl groups is 2. The molecule has 1 aliphatic rings. The molecular formula is C61H104O12. The fourth-order valence-corrected chi connectivity index (χ4v) is 8.59. The molecule has 6 unspecified atom stereocenters. The van der Waals surface area contributed by atoms with Gasteiger partial charge in [0.05, 0.1) is 6.61 Å². The molecule has 1 saturated heterocycles. The van der Waals surface area contributed by atoms with Gasteiger partial charge in [-0.1, -0.05) is 210 Å². The summed E-state index contributed by atoms with van der Waals surface area (Å²) in [4.78, 5) is 51.0. The van der Waals surface area contributed by atoms with E-state index in [-0.39, 0.29) is 25.9 Å². The molecule has 0 amide bonds. The monoisotopic (exact) mass is 1030 g/mol. The molecule has 12 nitrogen and oxygen atoms in total. The van der Waals surface area contributed by atoms with E-state index >= 15 is 0 Å². The van der Waals surface area contributed by atoms with E-state index in [1.807, 2.05) is 0 Å². The van der Waals surface area contributed by atoms with Crippen LogP contribution in [0.4, 0.5) is 0 Å². The van der Waals surface area contributed by atoms with Crippen LogP contribution in [0, 0.1) is 0 Å². The molecule has 73 heavy (non-hydrogen) atoms. The van der Waals surface area contributed by atoms with Crippen LogP contribution in [0.1, 0.15) is 252 Å². The largest absolute Gasteiger partial charge is 0.479 e. The minimum atomic E-state index is -1.91. The van der Waals surface area contributed by atoms with Gasteiger partial charge >= 0.3 is 23.9 Å². The van der Waals surface area contributed by atoms with Gasteiger partial charge in [-0.3, -0.25) is 14.4 Å². The predicted molar refractivity (Wildman–Crippen MR) is 294 cm³/mol. The van der Waals surface area contributed by atoms with Crippen LogP contribution in [0.3, 0.4) is 0 Å². The second-order valence-electron chi connectivity index (χ2n) is 19.9. The van der Waals surface area contributed by atoms with Gasteiger partial charge in [0.1, 0.15) is 18.8 Å². The fourth-order valence-electron chi connectivity index (χ4n) is 8.59. The number of aliphatic carboxylic acids is 1. The molecule has 0 aromatic rings. The van der Waals surface area contributed by atoms with E-state index in [0.29, 0.717) is 19.3 Å². The predicted octanol–water partition coefficient (Wildman–Crippen LogP) is 14.8. The van der Waals surface area contributed by atoms with Gasteiger partial charge in [-0.15, -0.1) is 0 Å². The van der Waals surface area contributed by atoms with Crippen LogP contribution < -0.4 is 0 Å². The Hall–Kier alpha value is -3.58. The second-order valence-corrected chi connectivity index (χ2v) is 19.9. The lowest BCUT2D eigenvalue weighted by Gasteiger charge is -2.40. The molecule has 0 saturated carbocycles. The molecule has 0 aromatic heterocycles. The van der Waals surface area contributed by atoms with E-state index in [4.69, 9.17) is 23.7 Å². The van der Waals surface area contributed by atoms with E-state index in [1.165, 1.54) is 89.9 Å². The quantitative estimate of drug-likeness (QED) is 0.0228. The van der Waals surface area contributed by atoms with Gasteiger partial charge in [-0.05, 0) is 83.5 Å². The van der Waals surface area contributed by atoms with Crippen LogP contribution in [0.2, 0.25) is 0 Å². The standard InChI is InChI=1S/C61H104O12/c1-4-7-10-13-16-19-22-25-27-30-32-35-38-41-44-47-53(62)69-50-52(71-54(63)48-45-42-39-36-34-31-28-26-23-20-17-14-11-8-5-2)51-70-61-59(57(66)56(65)58(73-61)60(67)68)72-55(64)49-46-43-40-37-33-29-24-21-18-15-12-9-6-3/h7,10,16,19,25-28,32,35,52,56-59,61,65-66H,4-6,8-9,11-15,17-18,20-24,29-31,33-34,36-51H2,1-3H3,(H,67,68)/b10-7-,19-16-,27-25-,28-26-,35-32-. The second kappa shape index (κ2) is 49.3. The molecule has 0 spiro atoms. The molecule has 420 valence electrons. The number of carbonyl (C=O) groups is 4. The lowest BCUT2D eigenvalue weighted by atomic mass is 9.98. The first-order valence-electron chi connectivity index (χ1n) is 29.3. The molecular weight excluding hydrogens is 925 g/mol. The highest BCUT2D eigenvalue weighted by atomic mass is 16.7. The van der Waals surface area contributed by atoms with Crippen molar-refractivity contribution in [2.45, 2.75) is 289 Å². The Balaban J connectivity index is 2.73. The number of carboxylic acids is 1. The van der Waals surface area contributed by atoms with Gasteiger partial charge in [-0.25, -0.2) is 4.79 Å². The highest BCUT2D eigenvalue weighted by molar-refractivity contribution is 5.74. The Morgan fingerprint density at radius 3 is 1.36 bits per heavy atom. The van der Waals surface area contributed by atoms with Gasteiger partial charge in [0.2, 0.25) is 0 Å². The van der Waals surface area contributed by atoms with Crippen LogP contribution in [0.25, 0.3) is 0 Å². The minimum absolute atomic E-state index is 0.0577. The average Bonchev–Trinajstić information content (AvgIpc) is 3.37. The number of hydrogen-bond donors (Lipinski definition) is 3. The maximum absolute atomic E-state index is 13.1. The third-order valence-electron chi connectivity index (χ3n) is 13.1. The summed E-state index contributed by atoms with van der Waals surface area (Å²) in [6.45, 7) is 5.83. The lowest BCUT2D eigenvalue weighted by Crippen LogP contribution is -2.61. The van der Waals surface area contributed by atoms with E-state index in [9.17, 15) is 34.5 Å². The molecule has 0 bridgehead atoms. The zero-order valence-corrected chi connectivity index (χ0v) is 46.1. The molecule has 1 rings (SSSR count). The normalized spacial score (nSPS) is 18.7. The molecule has 1 aliphatic heterocycles. The van der Waals surface area contributed by atoms with Crippen molar-refractivity contribution in [1.82, 2.24) is 0 Å². The first-order valence-corrected chi connectivity index (χ1v) is 29.3. The molecule has 12 heteroatoms. The van der Waals surface area contributed by atoms with Crippen LogP contribution in [-0.2, 0) is 42.9 Å². The third kappa shape index (κ3) is 39.5. The van der Waals surface area contributed by atoms with E-state index in [2.05, 4.69) is 81.5 Å². The number of carboxylic acid groups (broad SMARTS) is 1. The Morgan fingerprint density at radius 1 is 0.466 bits per heavy atom. The highest BCUT2D eigenvalue weighted by Gasteiger charge is 2.50. The molecule has 0 aromatic carbocycles. The van der Waals surface area contributed by atoms with Crippen molar-refractivity contribution in [3.63, 3.8) is 0 Å². The zero-order chi connectivity index (χ0) is 53.3. The topological polar surface area (TPSA) is 175 Å². The number of unbranched alkanes of at least 4 members (excludes halogenated alkanes) is 25. The van der Waals surface area contributed by atoms with E-state index < -0.39 is 67.3 Å². The SMILES string of the molecule is CC/C=C\C/C=C\C/C=C\C/C=C\CCCCC(=O)OCC(COC1OC(C(=O)O)C(O)C(O)C1OC(=O)CCCCCCCCCCCCCCC)OC(=O)CCCCCCC/C=C\CCCCCCCC. The summed E-state index contributed by atoms with van der Waals surface area (Å²) >= 11 is 0. The highest BCUT2D eigenvalue weighted by Crippen LogP contribution is 2.26. The van der Waals surface area contributed by atoms with Crippen molar-refractivity contribution >= 4 is 23.9 Å². The van der Waals surface area contributed by atoms with Crippen LogP contribution in [0.5, 0.6) is 0 Å². The smallest absolute Gasteiger partial charge is 0.335 e. The Morgan fingerprint density at radius 2 is 0.863 bits per heavy atom. The first kappa shape index (κ1) is 67.4. The Kier molecular flexibility index (Phi) is 45.5. The number of rotatable bonds is 49. The van der Waals surface area contributed by atoms with Gasteiger partial charge < -0.3 is 39.0 Å². The van der Waals surface area contributed by atoms with Crippen LogP contribution in [-0.4, -0.2) is 89.2 Å². The maximum atomic E-state index is 13.1. The maximum Gasteiger partial charge on any atom is 0.335 e. The zero-order valence-electron chi connectivity index (χ0n) is 46.1. The number of esters is 3. The minimum Gasteiger partial charge on any atom is -0.479 e. The number of allylic oxidation sites excluding steroid dienone is 10. The van der Waals surface area contributed by atoms with Crippen molar-refractivity contribution in [1.29, 1.82) is 0 Å². The van der Waals surface area contributed by atoms with Crippen LogP contribution in [0.15, 0.2) is 60.8 Å². The molecule has 1 heterocycles. The van der Waals surface area contributed by atoms with E-state index in [0.717, 1.165) is 103 Å². The molecule has 3 N–H and O–H groups in total. The average molecular weight is 1030 g/mol. The molecule has 1 fully saturated rings. The number of carbonyl (C=O) groups excluding carboxylic acids is 3. The fraction of sp³-hybridized carbons (Fsp3) is 0.770. The Labute approximate surface area is 443 Å². The molecule has 0 radical (unpaired) electrons. The summed E-state index contributed by atoms with van der Waals surface area (Å²) in [5.74, 6) is -3.17. The van der Waals surface area contributed by atoms with Crippen LogP contribution >= 0.6 is 0 Å². The summed E-state index contributed by atoms with van der Waals surface area (Å²) in [6, 6.07) is 0. The van der Waals surface area contributed by atoms with Crippen molar-refractivity contribution in [2.24, 2.45) is 0 Å². The summed E-state index contributed by atoms with van der Waals surface area (Å²) in [5, 5.41) is 31.4. The van der Waals surface area contributed by atoms with Crippen molar-refractivity contribution < 1.29 is 58.2 Å². The third-order valence-corrected chi connectivity index (χ3v) is 13.1. The van der Waals surface area contributed by atoms with Gasteiger partial charge in [-0.2, -0.15) is 0 Å². The van der Waals surface area contributed by atoms with E-state index in [1.54, 1.807) is 0 Å². The lowest BCUT2D eigenvalue weighted by molar-refractivity contribution is -0.301. The summed E-state index contributed by atoms with van der Waals surface area (Å²) in [7, 11) is 0. The summed E-state index contributed by atoms with van der Waals surface area (Å²) < 4.78 is 28.4. The first-order chi connectivity index (χ1) is 35.6. The van der Waals surface area contributed by atoms with Gasteiger partial charge in [0.15, 0.2) is 24.6 Å². The molecule has 6 atom stereocenters. The van der Waals surface area contributed by atoms with Gasteiger partial charge in [0.25, 0.3) is 0 Å². The van der Waals surface area contributed by atoms with Crippen molar-refractivity contribution in [2.75, 3.05) is 13.2 Å².